The van der Waals surface area contributed by atoms with Crippen molar-refractivity contribution >= 4 is 16.9 Å². The van der Waals surface area contributed by atoms with Gasteiger partial charge in [0.25, 0.3) is 5.91 Å². The standard InChI is InChI=1S/C23H20F3N5O2/c1-30-13-16(11-28-30)20-17-10-19(29-21(17)27-12-18(20)23(24,25)26)14-3-2-4-15(9-14)22(32)31-5-7-33-8-6-31/h2-4,9-13H,5-8H2,1H3,(H,27,29). The lowest BCUT2D eigenvalue weighted by Crippen LogP contribution is -2.40. The summed E-state index contributed by atoms with van der Waals surface area (Å²) in [5, 5.41) is 4.36. The highest BCUT2D eigenvalue weighted by molar-refractivity contribution is 5.99. The van der Waals surface area contributed by atoms with Crippen molar-refractivity contribution in [2.24, 2.45) is 7.05 Å². The quantitative estimate of drug-likeness (QED) is 0.504. The molecule has 1 amide bonds. The number of fused-ring (bicyclic) bond motifs is 1. The monoisotopic (exact) mass is 455 g/mol. The summed E-state index contributed by atoms with van der Waals surface area (Å²) in [6.07, 6.45) is -0.797. The van der Waals surface area contributed by atoms with Gasteiger partial charge in [-0.15, -0.1) is 0 Å². The third-order valence-electron chi connectivity index (χ3n) is 5.68. The Bertz CT molecular complexity index is 1340. The number of nitrogens with one attached hydrogen (secondary N) is 1. The number of nitrogens with zero attached hydrogens (tertiary/aromatic N) is 4. The first kappa shape index (κ1) is 21.2. The Morgan fingerprint density at radius 3 is 2.61 bits per heavy atom. The van der Waals surface area contributed by atoms with Crippen molar-refractivity contribution < 1.29 is 22.7 Å². The fourth-order valence-corrected chi connectivity index (χ4v) is 4.08. The van der Waals surface area contributed by atoms with E-state index in [0.717, 1.165) is 6.20 Å². The van der Waals surface area contributed by atoms with E-state index in [-0.39, 0.29) is 11.5 Å². The van der Waals surface area contributed by atoms with Crippen molar-refractivity contribution in [1.82, 2.24) is 24.6 Å². The molecule has 0 spiro atoms. The van der Waals surface area contributed by atoms with Gasteiger partial charge >= 0.3 is 6.18 Å². The number of halogens is 3. The number of rotatable bonds is 3. The highest BCUT2D eigenvalue weighted by Crippen LogP contribution is 2.41. The van der Waals surface area contributed by atoms with Gasteiger partial charge in [-0.2, -0.15) is 18.3 Å². The maximum Gasteiger partial charge on any atom is 0.418 e. The molecule has 1 aliphatic rings. The number of H-pyrrole nitrogens is 1. The Labute approximate surface area is 186 Å². The van der Waals surface area contributed by atoms with E-state index in [2.05, 4.69) is 15.1 Å². The van der Waals surface area contributed by atoms with Crippen LogP contribution < -0.4 is 0 Å². The summed E-state index contributed by atoms with van der Waals surface area (Å²) in [5.74, 6) is -0.107. The van der Waals surface area contributed by atoms with Crippen LogP contribution in [0.25, 0.3) is 33.4 Å². The molecule has 1 saturated heterocycles. The lowest BCUT2D eigenvalue weighted by atomic mass is 10.00. The number of ether oxygens (including phenoxy) is 1. The normalized spacial score (nSPS) is 14.7. The van der Waals surface area contributed by atoms with Gasteiger partial charge in [-0.05, 0) is 23.8 Å². The Morgan fingerprint density at radius 1 is 1.12 bits per heavy atom. The second kappa shape index (κ2) is 8.04. The van der Waals surface area contributed by atoms with Crippen LogP contribution in [0.5, 0.6) is 0 Å². The van der Waals surface area contributed by atoms with E-state index < -0.39 is 11.7 Å². The molecule has 0 bridgehead atoms. The molecule has 4 aromatic rings. The molecular formula is C23H20F3N5O2. The lowest BCUT2D eigenvalue weighted by Gasteiger charge is -2.27. The molecule has 10 heteroatoms. The molecule has 1 aliphatic heterocycles. The lowest BCUT2D eigenvalue weighted by molar-refractivity contribution is -0.137. The van der Waals surface area contributed by atoms with Crippen molar-refractivity contribution in [3.8, 4) is 22.4 Å². The molecule has 4 heterocycles. The molecule has 170 valence electrons. The van der Waals surface area contributed by atoms with E-state index >= 15 is 0 Å². The topological polar surface area (TPSA) is 76.0 Å². The fraction of sp³-hybridized carbons (Fsp3) is 0.261. The summed E-state index contributed by atoms with van der Waals surface area (Å²) in [4.78, 5) is 21.7. The molecular weight excluding hydrogens is 435 g/mol. The molecule has 0 atom stereocenters. The molecule has 1 fully saturated rings. The van der Waals surface area contributed by atoms with Crippen molar-refractivity contribution in [3.05, 3.63) is 60.0 Å². The number of alkyl halides is 3. The second-order valence-corrected chi connectivity index (χ2v) is 7.88. The molecule has 33 heavy (non-hydrogen) atoms. The van der Waals surface area contributed by atoms with E-state index in [1.165, 1.54) is 17.1 Å². The Morgan fingerprint density at radius 2 is 1.91 bits per heavy atom. The van der Waals surface area contributed by atoms with Crippen molar-refractivity contribution in [2.75, 3.05) is 26.3 Å². The fourth-order valence-electron chi connectivity index (χ4n) is 4.08. The number of benzene rings is 1. The van der Waals surface area contributed by atoms with Crippen LogP contribution in [0.15, 0.2) is 48.9 Å². The van der Waals surface area contributed by atoms with Crippen LogP contribution in [-0.4, -0.2) is 56.9 Å². The van der Waals surface area contributed by atoms with Gasteiger partial charge in [0.05, 0.1) is 25.0 Å². The first-order valence-electron chi connectivity index (χ1n) is 10.4. The molecule has 7 nitrogen and oxygen atoms in total. The highest BCUT2D eigenvalue weighted by Gasteiger charge is 2.36. The minimum atomic E-state index is -4.58. The smallest absolute Gasteiger partial charge is 0.378 e. The van der Waals surface area contributed by atoms with E-state index in [9.17, 15) is 18.0 Å². The van der Waals surface area contributed by atoms with E-state index in [1.54, 1.807) is 42.3 Å². The van der Waals surface area contributed by atoms with Gasteiger partial charge in [0.1, 0.15) is 5.65 Å². The van der Waals surface area contributed by atoms with Gasteiger partial charge in [-0.3, -0.25) is 9.48 Å². The second-order valence-electron chi connectivity index (χ2n) is 7.88. The number of carbonyl (C=O) groups is 1. The zero-order valence-corrected chi connectivity index (χ0v) is 17.7. The Balaban J connectivity index is 1.60. The number of aryl methyl sites for hydroxylation is 1. The average molecular weight is 455 g/mol. The molecule has 3 aromatic heterocycles. The van der Waals surface area contributed by atoms with Gasteiger partial charge in [0, 0.05) is 60.3 Å². The van der Waals surface area contributed by atoms with Crippen LogP contribution >= 0.6 is 0 Å². The number of carbonyl (C=O) groups excluding carboxylic acids is 1. The molecule has 0 radical (unpaired) electrons. The Kier molecular flexibility index (Phi) is 5.16. The van der Waals surface area contributed by atoms with Crippen LogP contribution in [0.4, 0.5) is 13.2 Å². The largest absolute Gasteiger partial charge is 0.418 e. The summed E-state index contributed by atoms with van der Waals surface area (Å²) in [6, 6.07) is 8.65. The molecule has 0 saturated carbocycles. The highest BCUT2D eigenvalue weighted by atomic mass is 19.4. The number of aromatic nitrogens is 4. The Hall–Kier alpha value is -3.66. The van der Waals surface area contributed by atoms with Gasteiger partial charge in [0.2, 0.25) is 0 Å². The first-order valence-corrected chi connectivity index (χ1v) is 10.4. The maximum atomic E-state index is 13.8. The predicted molar refractivity (Wildman–Crippen MR) is 115 cm³/mol. The third kappa shape index (κ3) is 3.97. The maximum absolute atomic E-state index is 13.8. The third-order valence-corrected chi connectivity index (χ3v) is 5.68. The van der Waals surface area contributed by atoms with E-state index in [0.29, 0.717) is 59.7 Å². The molecule has 0 unspecified atom stereocenters. The van der Waals surface area contributed by atoms with Crippen LogP contribution in [0.1, 0.15) is 15.9 Å². The van der Waals surface area contributed by atoms with Crippen molar-refractivity contribution in [3.63, 3.8) is 0 Å². The SMILES string of the molecule is Cn1cc(-c2c(C(F)(F)F)cnc3[nH]c(-c4cccc(C(=O)N5CCOCC5)c4)cc23)cn1. The zero-order valence-electron chi connectivity index (χ0n) is 17.7. The predicted octanol–water partition coefficient (Wildman–Crippen LogP) is 4.12. The minimum Gasteiger partial charge on any atom is -0.378 e. The number of hydrogen-bond acceptors (Lipinski definition) is 4. The van der Waals surface area contributed by atoms with Crippen LogP contribution in [0, 0.1) is 0 Å². The van der Waals surface area contributed by atoms with E-state index in [1.807, 2.05) is 0 Å². The number of pyridine rings is 1. The summed E-state index contributed by atoms with van der Waals surface area (Å²) in [6.45, 7) is 2.04. The summed E-state index contributed by atoms with van der Waals surface area (Å²) < 4.78 is 48.1. The number of morpholine rings is 1. The summed E-state index contributed by atoms with van der Waals surface area (Å²) in [7, 11) is 1.65. The van der Waals surface area contributed by atoms with Crippen LogP contribution in [0.3, 0.4) is 0 Å². The molecule has 0 aliphatic carbocycles. The van der Waals surface area contributed by atoms with Gasteiger partial charge in [-0.25, -0.2) is 4.98 Å². The molecule has 5 rings (SSSR count). The summed E-state index contributed by atoms with van der Waals surface area (Å²) in [5.41, 5.74) is 1.61. The van der Waals surface area contributed by atoms with Gasteiger partial charge < -0.3 is 14.6 Å². The van der Waals surface area contributed by atoms with Crippen LogP contribution in [-0.2, 0) is 18.0 Å². The number of amides is 1. The van der Waals surface area contributed by atoms with Gasteiger partial charge in [-0.1, -0.05) is 12.1 Å². The molecule has 1 aromatic carbocycles. The molecule has 1 N–H and O–H groups in total. The number of hydrogen-bond donors (Lipinski definition) is 1. The van der Waals surface area contributed by atoms with Crippen molar-refractivity contribution in [2.45, 2.75) is 6.18 Å². The van der Waals surface area contributed by atoms with E-state index in [4.69, 9.17) is 4.74 Å². The number of aromatic amines is 1. The zero-order chi connectivity index (χ0) is 23.2. The first-order chi connectivity index (χ1) is 15.8. The van der Waals surface area contributed by atoms with Crippen LogP contribution in [0.2, 0.25) is 0 Å². The van der Waals surface area contributed by atoms with Gasteiger partial charge in [0.15, 0.2) is 0 Å². The van der Waals surface area contributed by atoms with Crippen molar-refractivity contribution in [1.29, 1.82) is 0 Å². The average Bonchev–Trinajstić information content (AvgIpc) is 3.44. The minimum absolute atomic E-state index is 0.0173. The summed E-state index contributed by atoms with van der Waals surface area (Å²) >= 11 is 0.